The number of rotatable bonds is 2. The van der Waals surface area contributed by atoms with Crippen LogP contribution in [0.3, 0.4) is 0 Å². The van der Waals surface area contributed by atoms with Gasteiger partial charge >= 0.3 is 0 Å². The lowest BCUT2D eigenvalue weighted by Gasteiger charge is -2.11. The van der Waals surface area contributed by atoms with Crippen molar-refractivity contribution in [1.29, 1.82) is 0 Å². The van der Waals surface area contributed by atoms with E-state index >= 15 is 0 Å². The second-order valence-electron chi connectivity index (χ2n) is 6.49. The molecule has 4 aromatic carbocycles. The molecule has 0 aliphatic heterocycles. The van der Waals surface area contributed by atoms with E-state index in [1.54, 1.807) is 0 Å². The van der Waals surface area contributed by atoms with Gasteiger partial charge in [0.15, 0.2) is 0 Å². The Labute approximate surface area is 146 Å². The summed E-state index contributed by atoms with van der Waals surface area (Å²) in [6.45, 7) is 0. The molecule has 0 heterocycles. The highest BCUT2D eigenvalue weighted by atomic mass is 16.5. The van der Waals surface area contributed by atoms with Crippen LogP contribution in [0.15, 0.2) is 78.9 Å². The van der Waals surface area contributed by atoms with Crippen LogP contribution in [-0.2, 0) is 6.42 Å². The first-order valence-corrected chi connectivity index (χ1v) is 8.45. The summed E-state index contributed by atoms with van der Waals surface area (Å²) in [6.07, 6.45) is 0.922. The van der Waals surface area contributed by atoms with Gasteiger partial charge in [0.1, 0.15) is 11.5 Å². The van der Waals surface area contributed by atoms with E-state index in [2.05, 4.69) is 54.6 Å². The summed E-state index contributed by atoms with van der Waals surface area (Å²) >= 11 is 0. The second kappa shape index (κ2) is 5.38. The number of benzene rings is 4. The standard InChI is InChI=1S/C23H17NO/c24-18-10-8-16-13-19(11-9-15(16)12-18)25-23-7-3-6-21-20-5-2-1-4-17(20)14-22(21)23/h1-13H,14,24H2. The number of nitrogens with two attached hydrogens (primary N) is 1. The molecule has 25 heavy (non-hydrogen) atoms. The lowest BCUT2D eigenvalue weighted by Crippen LogP contribution is -1.91. The van der Waals surface area contributed by atoms with Gasteiger partial charge in [-0.2, -0.15) is 0 Å². The maximum Gasteiger partial charge on any atom is 0.131 e. The molecule has 4 aromatic rings. The van der Waals surface area contributed by atoms with E-state index in [-0.39, 0.29) is 0 Å². The van der Waals surface area contributed by atoms with E-state index in [1.807, 2.05) is 24.3 Å². The normalized spacial score (nSPS) is 12.0. The Morgan fingerprint density at radius 1 is 0.720 bits per heavy atom. The van der Waals surface area contributed by atoms with Crippen LogP contribution in [0.4, 0.5) is 5.69 Å². The van der Waals surface area contributed by atoms with Crippen LogP contribution in [0.1, 0.15) is 11.1 Å². The third kappa shape index (κ3) is 2.34. The molecule has 0 bridgehead atoms. The van der Waals surface area contributed by atoms with Crippen molar-refractivity contribution >= 4 is 16.5 Å². The first kappa shape index (κ1) is 14.1. The zero-order valence-corrected chi connectivity index (χ0v) is 13.7. The average molecular weight is 323 g/mol. The third-order valence-electron chi connectivity index (χ3n) is 4.87. The summed E-state index contributed by atoms with van der Waals surface area (Å²) in [5.41, 5.74) is 11.9. The number of hydrogen-bond acceptors (Lipinski definition) is 2. The SMILES string of the molecule is Nc1ccc2cc(Oc3cccc4c3Cc3ccccc3-4)ccc2c1. The maximum absolute atomic E-state index is 6.26. The van der Waals surface area contributed by atoms with Gasteiger partial charge in [-0.25, -0.2) is 0 Å². The summed E-state index contributed by atoms with van der Waals surface area (Å²) in [5.74, 6) is 1.78. The number of fused-ring (bicyclic) bond motifs is 4. The Hall–Kier alpha value is -3.26. The highest BCUT2D eigenvalue weighted by Gasteiger charge is 2.21. The van der Waals surface area contributed by atoms with Crippen molar-refractivity contribution in [2.75, 3.05) is 5.73 Å². The lowest BCUT2D eigenvalue weighted by molar-refractivity contribution is 0.479. The van der Waals surface area contributed by atoms with E-state index in [0.717, 1.165) is 34.4 Å². The fourth-order valence-corrected chi connectivity index (χ4v) is 3.66. The minimum Gasteiger partial charge on any atom is -0.457 e. The molecule has 0 atom stereocenters. The summed E-state index contributed by atoms with van der Waals surface area (Å²) in [6, 6.07) is 26.9. The third-order valence-corrected chi connectivity index (χ3v) is 4.87. The van der Waals surface area contributed by atoms with E-state index in [9.17, 15) is 0 Å². The topological polar surface area (TPSA) is 35.2 Å². The summed E-state index contributed by atoms with van der Waals surface area (Å²) in [5, 5.41) is 2.25. The molecule has 2 N–H and O–H groups in total. The van der Waals surface area contributed by atoms with Crippen LogP contribution in [0.25, 0.3) is 21.9 Å². The zero-order valence-electron chi connectivity index (χ0n) is 13.7. The molecule has 0 amide bonds. The van der Waals surface area contributed by atoms with E-state index in [0.29, 0.717) is 0 Å². The molecule has 0 radical (unpaired) electrons. The summed E-state index contributed by atoms with van der Waals surface area (Å²) in [7, 11) is 0. The fraction of sp³-hybridized carbons (Fsp3) is 0.0435. The van der Waals surface area contributed by atoms with E-state index in [4.69, 9.17) is 10.5 Å². The first-order chi connectivity index (χ1) is 12.3. The van der Waals surface area contributed by atoms with Crippen molar-refractivity contribution in [2.45, 2.75) is 6.42 Å². The summed E-state index contributed by atoms with van der Waals surface area (Å²) in [4.78, 5) is 0. The Morgan fingerprint density at radius 2 is 1.52 bits per heavy atom. The van der Waals surface area contributed by atoms with Gasteiger partial charge in [0.2, 0.25) is 0 Å². The largest absolute Gasteiger partial charge is 0.457 e. The molecule has 0 saturated heterocycles. The molecule has 2 heteroatoms. The first-order valence-electron chi connectivity index (χ1n) is 8.45. The highest BCUT2D eigenvalue weighted by molar-refractivity contribution is 5.86. The Kier molecular flexibility index (Phi) is 3.04. The molecular formula is C23H17NO. The Bertz CT molecular complexity index is 1110. The molecule has 0 unspecified atom stereocenters. The van der Waals surface area contributed by atoms with Crippen molar-refractivity contribution in [3.63, 3.8) is 0 Å². The number of hydrogen-bond donors (Lipinski definition) is 1. The molecule has 0 fully saturated rings. The second-order valence-corrected chi connectivity index (χ2v) is 6.49. The van der Waals surface area contributed by atoms with Gasteiger partial charge in [-0.05, 0) is 57.8 Å². The van der Waals surface area contributed by atoms with Gasteiger partial charge in [0, 0.05) is 17.7 Å². The van der Waals surface area contributed by atoms with Gasteiger partial charge in [-0.3, -0.25) is 0 Å². The maximum atomic E-state index is 6.26. The Morgan fingerprint density at radius 3 is 2.48 bits per heavy atom. The highest BCUT2D eigenvalue weighted by Crippen LogP contribution is 2.42. The lowest BCUT2D eigenvalue weighted by atomic mass is 10.1. The molecule has 0 saturated carbocycles. The van der Waals surface area contributed by atoms with Crippen molar-refractivity contribution in [1.82, 2.24) is 0 Å². The molecular weight excluding hydrogens is 306 g/mol. The smallest absolute Gasteiger partial charge is 0.131 e. The summed E-state index contributed by atoms with van der Waals surface area (Å²) < 4.78 is 6.26. The van der Waals surface area contributed by atoms with E-state index in [1.165, 1.54) is 22.3 Å². The van der Waals surface area contributed by atoms with E-state index < -0.39 is 0 Å². The van der Waals surface area contributed by atoms with Crippen molar-refractivity contribution in [3.05, 3.63) is 90.0 Å². The number of nitrogen functional groups attached to an aromatic ring is 1. The fourth-order valence-electron chi connectivity index (χ4n) is 3.66. The number of anilines is 1. The van der Waals surface area contributed by atoms with Crippen LogP contribution < -0.4 is 10.5 Å². The van der Waals surface area contributed by atoms with Crippen LogP contribution in [0.5, 0.6) is 11.5 Å². The monoisotopic (exact) mass is 323 g/mol. The molecule has 1 aliphatic carbocycles. The molecule has 2 nitrogen and oxygen atoms in total. The van der Waals surface area contributed by atoms with Gasteiger partial charge in [0.25, 0.3) is 0 Å². The van der Waals surface area contributed by atoms with Crippen LogP contribution in [0.2, 0.25) is 0 Å². The van der Waals surface area contributed by atoms with Crippen LogP contribution in [0, 0.1) is 0 Å². The quantitative estimate of drug-likeness (QED) is 0.418. The van der Waals surface area contributed by atoms with Crippen LogP contribution in [-0.4, -0.2) is 0 Å². The molecule has 120 valence electrons. The van der Waals surface area contributed by atoms with Gasteiger partial charge in [-0.1, -0.05) is 48.5 Å². The average Bonchev–Trinajstić information content (AvgIpc) is 3.02. The van der Waals surface area contributed by atoms with Gasteiger partial charge in [-0.15, -0.1) is 0 Å². The van der Waals surface area contributed by atoms with Crippen molar-refractivity contribution < 1.29 is 4.74 Å². The molecule has 0 aromatic heterocycles. The predicted octanol–water partition coefficient (Wildman–Crippen LogP) is 5.79. The number of ether oxygens (including phenoxy) is 1. The Balaban J connectivity index is 1.55. The van der Waals surface area contributed by atoms with Crippen molar-refractivity contribution in [2.24, 2.45) is 0 Å². The molecule has 1 aliphatic rings. The predicted molar refractivity (Wildman–Crippen MR) is 103 cm³/mol. The van der Waals surface area contributed by atoms with Gasteiger partial charge < -0.3 is 10.5 Å². The van der Waals surface area contributed by atoms with Gasteiger partial charge in [0.05, 0.1) is 0 Å². The van der Waals surface area contributed by atoms with Crippen molar-refractivity contribution in [3.8, 4) is 22.6 Å². The zero-order chi connectivity index (χ0) is 16.8. The van der Waals surface area contributed by atoms with Crippen LogP contribution >= 0.6 is 0 Å². The molecule has 0 spiro atoms. The minimum absolute atomic E-state index is 0.778. The minimum atomic E-state index is 0.778. The molecule has 5 rings (SSSR count).